The zero-order chi connectivity index (χ0) is 14.4. The van der Waals surface area contributed by atoms with E-state index in [4.69, 9.17) is 9.84 Å². The summed E-state index contributed by atoms with van der Waals surface area (Å²) in [6.45, 7) is 5.37. The molecular formula is C11H18N2O5S. The van der Waals surface area contributed by atoms with E-state index in [0.717, 1.165) is 0 Å². The van der Waals surface area contributed by atoms with Crippen molar-refractivity contribution < 1.29 is 24.5 Å². The highest BCUT2D eigenvalue weighted by Crippen LogP contribution is 2.40. The summed E-state index contributed by atoms with van der Waals surface area (Å²) >= 11 is 1.44. The Morgan fingerprint density at radius 3 is 2.26 bits per heavy atom. The van der Waals surface area contributed by atoms with E-state index in [0.29, 0.717) is 0 Å². The fourth-order valence-corrected chi connectivity index (χ4v) is 3.83. The maximum absolute atomic E-state index is 11.2. The first kappa shape index (κ1) is 14.6. The molecule has 7 nitrogen and oxygen atoms in total. The van der Waals surface area contributed by atoms with E-state index < -0.39 is 41.1 Å². The molecule has 5 atom stereocenters. The Morgan fingerprint density at radius 2 is 1.84 bits per heavy atom. The van der Waals surface area contributed by atoms with Crippen LogP contribution >= 0.6 is 11.8 Å². The van der Waals surface area contributed by atoms with Crippen molar-refractivity contribution in [2.75, 3.05) is 0 Å². The van der Waals surface area contributed by atoms with Crippen molar-refractivity contribution in [2.45, 2.75) is 55.3 Å². The van der Waals surface area contributed by atoms with Crippen LogP contribution in [0.5, 0.6) is 0 Å². The number of hydrogen-bond donors (Lipinski definition) is 4. The van der Waals surface area contributed by atoms with E-state index in [2.05, 4.69) is 10.6 Å². The molecule has 2 fully saturated rings. The van der Waals surface area contributed by atoms with Crippen LogP contribution in [-0.2, 0) is 14.3 Å². The fraction of sp³-hybridized carbons (Fsp3) is 0.818. The summed E-state index contributed by atoms with van der Waals surface area (Å²) in [7, 11) is 0. The molecule has 2 heterocycles. The van der Waals surface area contributed by atoms with Gasteiger partial charge in [0.05, 0.1) is 11.5 Å². The number of thioether (sulfide) groups is 1. The molecule has 2 aliphatic rings. The van der Waals surface area contributed by atoms with Gasteiger partial charge in [-0.25, -0.2) is 0 Å². The van der Waals surface area contributed by atoms with Crippen LogP contribution in [0.3, 0.4) is 0 Å². The van der Waals surface area contributed by atoms with Crippen molar-refractivity contribution in [2.24, 2.45) is 0 Å². The van der Waals surface area contributed by atoms with Crippen LogP contribution in [0.25, 0.3) is 0 Å². The molecule has 19 heavy (non-hydrogen) atoms. The van der Waals surface area contributed by atoms with E-state index in [-0.39, 0.29) is 5.37 Å². The largest absolute Gasteiger partial charge is 0.480 e. The second kappa shape index (κ2) is 4.93. The standard InChI is InChI=1S/C11H18N2O5S/c1-4-5(9(14)15)12-7(18-4)8-13-6(10(16)17)11(2,3)19-8/h4-8,12-13H,1-3H3,(H,14,15)(H,16,17). The van der Waals surface area contributed by atoms with Gasteiger partial charge in [0.15, 0.2) is 0 Å². The van der Waals surface area contributed by atoms with Gasteiger partial charge in [-0.2, -0.15) is 0 Å². The zero-order valence-electron chi connectivity index (χ0n) is 10.9. The van der Waals surface area contributed by atoms with Gasteiger partial charge < -0.3 is 14.9 Å². The molecule has 0 aromatic carbocycles. The highest BCUT2D eigenvalue weighted by Gasteiger charge is 2.50. The molecule has 8 heteroatoms. The van der Waals surface area contributed by atoms with E-state index in [1.807, 2.05) is 13.8 Å². The minimum absolute atomic E-state index is 0.289. The van der Waals surface area contributed by atoms with Crippen molar-refractivity contribution in [1.29, 1.82) is 0 Å². The Hall–Kier alpha value is -0.830. The number of aliphatic carboxylic acids is 2. The molecule has 108 valence electrons. The molecule has 0 aromatic rings. The first-order valence-corrected chi connectivity index (χ1v) is 6.91. The monoisotopic (exact) mass is 290 g/mol. The Balaban J connectivity index is 2.06. The minimum atomic E-state index is -0.966. The highest BCUT2D eigenvalue weighted by atomic mass is 32.2. The van der Waals surface area contributed by atoms with Gasteiger partial charge in [0.1, 0.15) is 18.3 Å². The van der Waals surface area contributed by atoms with Crippen LogP contribution in [0, 0.1) is 0 Å². The summed E-state index contributed by atoms with van der Waals surface area (Å²) in [5, 5.41) is 23.8. The van der Waals surface area contributed by atoms with Crippen LogP contribution in [0.1, 0.15) is 20.8 Å². The molecule has 4 N–H and O–H groups in total. The Kier molecular flexibility index (Phi) is 3.78. The van der Waals surface area contributed by atoms with E-state index in [1.165, 1.54) is 11.8 Å². The summed E-state index contributed by atoms with van der Waals surface area (Å²) in [5.41, 5.74) is 0. The first-order chi connectivity index (χ1) is 8.72. The second-order valence-corrected chi connectivity index (χ2v) is 7.12. The lowest BCUT2D eigenvalue weighted by molar-refractivity contribution is -0.141. The predicted octanol–water partition coefficient (Wildman–Crippen LogP) is -0.332. The molecule has 0 aliphatic carbocycles. The number of rotatable bonds is 3. The lowest BCUT2D eigenvalue weighted by Crippen LogP contribution is -2.49. The molecule has 0 bridgehead atoms. The van der Waals surface area contributed by atoms with Crippen molar-refractivity contribution in [3.63, 3.8) is 0 Å². The van der Waals surface area contributed by atoms with Gasteiger partial charge >= 0.3 is 11.9 Å². The number of hydrogen-bond acceptors (Lipinski definition) is 6. The van der Waals surface area contributed by atoms with Crippen LogP contribution in [0.15, 0.2) is 0 Å². The number of carboxylic acid groups (broad SMARTS) is 2. The number of nitrogens with one attached hydrogen (secondary N) is 2. The molecule has 0 spiro atoms. The van der Waals surface area contributed by atoms with Crippen LogP contribution in [0.2, 0.25) is 0 Å². The molecule has 2 aliphatic heterocycles. The smallest absolute Gasteiger partial charge is 0.323 e. The predicted molar refractivity (Wildman–Crippen MR) is 68.9 cm³/mol. The van der Waals surface area contributed by atoms with Gasteiger partial charge in [0.2, 0.25) is 0 Å². The Bertz CT molecular complexity index is 403. The number of ether oxygens (including phenoxy) is 1. The summed E-state index contributed by atoms with van der Waals surface area (Å²) in [6, 6.07) is -1.45. The van der Waals surface area contributed by atoms with Crippen molar-refractivity contribution in [3.8, 4) is 0 Å². The van der Waals surface area contributed by atoms with E-state index in [1.54, 1.807) is 6.92 Å². The molecule has 0 amide bonds. The zero-order valence-corrected chi connectivity index (χ0v) is 11.7. The molecule has 5 unspecified atom stereocenters. The normalized spacial score (nSPS) is 41.3. The van der Waals surface area contributed by atoms with Gasteiger partial charge in [-0.05, 0) is 20.8 Å². The van der Waals surface area contributed by atoms with Gasteiger partial charge in [-0.15, -0.1) is 11.8 Å². The van der Waals surface area contributed by atoms with E-state index in [9.17, 15) is 14.7 Å². The average Bonchev–Trinajstić information content (AvgIpc) is 2.78. The van der Waals surface area contributed by atoms with E-state index >= 15 is 0 Å². The van der Waals surface area contributed by atoms with Crippen molar-refractivity contribution in [3.05, 3.63) is 0 Å². The lowest BCUT2D eigenvalue weighted by Gasteiger charge is -2.21. The average molecular weight is 290 g/mol. The molecule has 0 aromatic heterocycles. The first-order valence-electron chi connectivity index (χ1n) is 6.03. The maximum Gasteiger partial charge on any atom is 0.323 e. The van der Waals surface area contributed by atoms with Crippen LogP contribution < -0.4 is 10.6 Å². The summed E-state index contributed by atoms with van der Waals surface area (Å²) < 4.78 is 5.09. The third kappa shape index (κ3) is 2.71. The van der Waals surface area contributed by atoms with Crippen LogP contribution in [0.4, 0.5) is 0 Å². The Labute approximate surface area is 115 Å². The molecule has 2 rings (SSSR count). The fourth-order valence-electron chi connectivity index (χ4n) is 2.40. The SMILES string of the molecule is CC1OC(C2NC(C(=O)O)C(C)(C)S2)NC1C(=O)O. The minimum Gasteiger partial charge on any atom is -0.480 e. The van der Waals surface area contributed by atoms with Crippen LogP contribution in [-0.4, -0.2) is 56.7 Å². The molecule has 0 radical (unpaired) electrons. The van der Waals surface area contributed by atoms with Gasteiger partial charge in [-0.1, -0.05) is 0 Å². The third-order valence-electron chi connectivity index (χ3n) is 3.42. The summed E-state index contributed by atoms with van der Waals surface area (Å²) in [5.74, 6) is -1.88. The topological polar surface area (TPSA) is 108 Å². The maximum atomic E-state index is 11.2. The highest BCUT2D eigenvalue weighted by molar-refractivity contribution is 8.01. The molecular weight excluding hydrogens is 272 g/mol. The molecule has 2 saturated heterocycles. The number of carbonyl (C=O) groups is 2. The third-order valence-corrected chi connectivity index (χ3v) is 4.90. The van der Waals surface area contributed by atoms with Gasteiger partial charge in [0, 0.05) is 4.75 Å². The van der Waals surface area contributed by atoms with Gasteiger partial charge in [0.25, 0.3) is 0 Å². The van der Waals surface area contributed by atoms with Crippen molar-refractivity contribution in [1.82, 2.24) is 10.6 Å². The number of carboxylic acids is 2. The summed E-state index contributed by atoms with van der Waals surface area (Å²) in [6.07, 6.45) is -0.957. The Morgan fingerprint density at radius 1 is 1.21 bits per heavy atom. The van der Waals surface area contributed by atoms with Gasteiger partial charge in [-0.3, -0.25) is 20.2 Å². The second-order valence-electron chi connectivity index (χ2n) is 5.32. The quantitative estimate of drug-likeness (QED) is 0.559. The summed E-state index contributed by atoms with van der Waals surface area (Å²) in [4.78, 5) is 22.2. The molecule has 0 saturated carbocycles. The van der Waals surface area contributed by atoms with Crippen molar-refractivity contribution >= 4 is 23.7 Å². The lowest BCUT2D eigenvalue weighted by atomic mass is 10.0.